The van der Waals surface area contributed by atoms with Crippen LogP contribution in [0.3, 0.4) is 0 Å². The number of carboxylic acid groups (broad SMARTS) is 1. The van der Waals surface area contributed by atoms with Gasteiger partial charge in [0.2, 0.25) is 0 Å². The molecule has 0 spiro atoms. The topological polar surface area (TPSA) is 37.3 Å². The van der Waals surface area contributed by atoms with E-state index in [-0.39, 0.29) is 21.8 Å². The number of hydrogen-bond acceptors (Lipinski definition) is 2. The van der Waals surface area contributed by atoms with Gasteiger partial charge in [0.15, 0.2) is 0 Å². The van der Waals surface area contributed by atoms with E-state index >= 15 is 0 Å². The van der Waals surface area contributed by atoms with E-state index in [0.29, 0.717) is 0 Å². The molecule has 2 nitrogen and oxygen atoms in total. The van der Waals surface area contributed by atoms with E-state index in [4.69, 9.17) is 5.11 Å². The van der Waals surface area contributed by atoms with Crippen molar-refractivity contribution in [3.63, 3.8) is 0 Å². The van der Waals surface area contributed by atoms with E-state index in [0.717, 1.165) is 36.0 Å². The molecule has 0 aliphatic carbocycles. The minimum absolute atomic E-state index is 0.0755. The molecule has 0 bridgehead atoms. The third-order valence-electron chi connectivity index (χ3n) is 2.58. The average Bonchev–Trinajstić information content (AvgIpc) is 2.40. The van der Waals surface area contributed by atoms with Gasteiger partial charge in [-0.25, -0.2) is 18.0 Å². The van der Waals surface area contributed by atoms with Crippen LogP contribution in [0.4, 0.5) is 13.2 Å². The third kappa shape index (κ3) is 3.33. The Bertz CT molecular complexity index is 659. The second-order valence-corrected chi connectivity index (χ2v) is 4.99. The van der Waals surface area contributed by atoms with Crippen LogP contribution in [0.15, 0.2) is 41.3 Å². The van der Waals surface area contributed by atoms with E-state index in [1.54, 1.807) is 0 Å². The lowest BCUT2D eigenvalue weighted by Gasteiger charge is -2.05. The van der Waals surface area contributed by atoms with Gasteiger partial charge in [0, 0.05) is 10.6 Å². The maximum Gasteiger partial charge on any atom is 0.335 e. The fourth-order valence-electron chi connectivity index (χ4n) is 1.54. The van der Waals surface area contributed by atoms with Crippen LogP contribution in [-0.2, 0) is 5.75 Å². The first kappa shape index (κ1) is 14.5. The highest BCUT2D eigenvalue weighted by Crippen LogP contribution is 2.27. The number of hydrogen-bond donors (Lipinski definition) is 1. The Labute approximate surface area is 117 Å². The van der Waals surface area contributed by atoms with Gasteiger partial charge in [-0.15, -0.1) is 11.8 Å². The molecule has 0 aromatic heterocycles. The Morgan fingerprint density at radius 3 is 2.45 bits per heavy atom. The molecular weight excluding hydrogens is 289 g/mol. The van der Waals surface area contributed by atoms with Crippen molar-refractivity contribution in [3.8, 4) is 0 Å². The fraction of sp³-hybridized carbons (Fsp3) is 0.0714. The van der Waals surface area contributed by atoms with Gasteiger partial charge < -0.3 is 5.11 Å². The van der Waals surface area contributed by atoms with Crippen molar-refractivity contribution in [1.82, 2.24) is 0 Å². The van der Waals surface area contributed by atoms with Crippen molar-refractivity contribution < 1.29 is 23.1 Å². The molecule has 2 rings (SSSR count). The standard InChI is InChI=1S/C14H9F3O2S/c15-10-3-4-11(16)13(6-10)20-7-9-2-1-8(14(18)19)5-12(9)17/h1-6H,7H2,(H,18,19). The van der Waals surface area contributed by atoms with Gasteiger partial charge in [-0.1, -0.05) is 6.07 Å². The van der Waals surface area contributed by atoms with Gasteiger partial charge in [0.25, 0.3) is 0 Å². The fourth-order valence-corrected chi connectivity index (χ4v) is 2.49. The summed E-state index contributed by atoms with van der Waals surface area (Å²) in [4.78, 5) is 10.7. The van der Waals surface area contributed by atoms with Crippen LogP contribution in [-0.4, -0.2) is 11.1 Å². The Morgan fingerprint density at radius 1 is 1.05 bits per heavy atom. The Hall–Kier alpha value is -1.95. The van der Waals surface area contributed by atoms with E-state index in [9.17, 15) is 18.0 Å². The summed E-state index contributed by atoms with van der Waals surface area (Å²) in [5.74, 6) is -2.99. The summed E-state index contributed by atoms with van der Waals surface area (Å²) in [6.45, 7) is 0. The maximum absolute atomic E-state index is 13.6. The van der Waals surface area contributed by atoms with Crippen molar-refractivity contribution >= 4 is 17.7 Å². The van der Waals surface area contributed by atoms with Crippen molar-refractivity contribution in [3.05, 3.63) is 65.0 Å². The summed E-state index contributed by atoms with van der Waals surface area (Å²) >= 11 is 0.940. The van der Waals surface area contributed by atoms with Crippen molar-refractivity contribution in [2.45, 2.75) is 10.6 Å². The molecule has 0 unspecified atom stereocenters. The SMILES string of the molecule is O=C(O)c1ccc(CSc2cc(F)ccc2F)c(F)c1. The van der Waals surface area contributed by atoms with Gasteiger partial charge in [-0.05, 0) is 35.9 Å². The van der Waals surface area contributed by atoms with Crippen molar-refractivity contribution in [1.29, 1.82) is 0 Å². The van der Waals surface area contributed by atoms with Gasteiger partial charge >= 0.3 is 5.97 Å². The highest BCUT2D eigenvalue weighted by molar-refractivity contribution is 7.98. The van der Waals surface area contributed by atoms with Crippen LogP contribution in [0.5, 0.6) is 0 Å². The minimum atomic E-state index is -1.22. The smallest absolute Gasteiger partial charge is 0.335 e. The van der Waals surface area contributed by atoms with Gasteiger partial charge in [-0.2, -0.15) is 0 Å². The number of carboxylic acids is 1. The first-order valence-electron chi connectivity index (χ1n) is 5.57. The number of halogens is 3. The van der Waals surface area contributed by atoms with Gasteiger partial charge in [0.1, 0.15) is 17.5 Å². The normalized spacial score (nSPS) is 10.6. The van der Waals surface area contributed by atoms with Crippen LogP contribution < -0.4 is 0 Å². The zero-order chi connectivity index (χ0) is 14.7. The minimum Gasteiger partial charge on any atom is -0.478 e. The molecule has 0 amide bonds. The summed E-state index contributed by atoms with van der Waals surface area (Å²) in [5, 5.41) is 8.71. The molecule has 0 fully saturated rings. The zero-order valence-corrected chi connectivity index (χ0v) is 10.9. The van der Waals surface area contributed by atoms with Crippen molar-refractivity contribution in [2.24, 2.45) is 0 Å². The molecule has 0 aliphatic heterocycles. The Balaban J connectivity index is 2.15. The second kappa shape index (κ2) is 6.00. The zero-order valence-electron chi connectivity index (χ0n) is 10.1. The summed E-state index contributed by atoms with van der Waals surface area (Å²) in [5.41, 5.74) is 0.0665. The highest BCUT2D eigenvalue weighted by atomic mass is 32.2. The lowest BCUT2D eigenvalue weighted by molar-refractivity contribution is 0.0696. The summed E-state index contributed by atoms with van der Waals surface area (Å²) in [6.07, 6.45) is 0. The molecule has 104 valence electrons. The predicted molar refractivity (Wildman–Crippen MR) is 69.3 cm³/mol. The predicted octanol–water partition coefficient (Wildman–Crippen LogP) is 4.09. The number of thioether (sulfide) groups is 1. The van der Waals surface area contributed by atoms with Crippen LogP contribution >= 0.6 is 11.8 Å². The largest absolute Gasteiger partial charge is 0.478 e. The first-order valence-corrected chi connectivity index (χ1v) is 6.55. The average molecular weight is 298 g/mol. The van der Waals surface area contributed by atoms with E-state index in [1.165, 1.54) is 12.1 Å². The van der Waals surface area contributed by atoms with E-state index < -0.39 is 23.4 Å². The lowest BCUT2D eigenvalue weighted by atomic mass is 10.1. The van der Waals surface area contributed by atoms with Crippen LogP contribution in [0, 0.1) is 17.5 Å². The molecule has 0 aliphatic rings. The first-order chi connectivity index (χ1) is 9.47. The van der Waals surface area contributed by atoms with E-state index in [2.05, 4.69) is 0 Å². The van der Waals surface area contributed by atoms with Crippen LogP contribution in [0.25, 0.3) is 0 Å². The maximum atomic E-state index is 13.6. The molecule has 6 heteroatoms. The third-order valence-corrected chi connectivity index (χ3v) is 3.66. The van der Waals surface area contributed by atoms with Gasteiger partial charge in [0.05, 0.1) is 5.56 Å². The molecule has 2 aromatic rings. The van der Waals surface area contributed by atoms with Crippen molar-refractivity contribution in [2.75, 3.05) is 0 Å². The molecule has 0 heterocycles. The molecule has 1 N–H and O–H groups in total. The Kier molecular flexibility index (Phi) is 4.34. The van der Waals surface area contributed by atoms with E-state index in [1.807, 2.05) is 0 Å². The molecule has 20 heavy (non-hydrogen) atoms. The van der Waals surface area contributed by atoms with Crippen LogP contribution in [0.1, 0.15) is 15.9 Å². The molecular formula is C14H9F3O2S. The quantitative estimate of drug-likeness (QED) is 0.864. The number of carbonyl (C=O) groups is 1. The molecule has 0 atom stereocenters. The molecule has 0 radical (unpaired) electrons. The monoisotopic (exact) mass is 298 g/mol. The van der Waals surface area contributed by atoms with Gasteiger partial charge in [-0.3, -0.25) is 0 Å². The molecule has 0 saturated heterocycles. The molecule has 0 saturated carbocycles. The summed E-state index contributed by atoms with van der Waals surface area (Å²) in [7, 11) is 0. The van der Waals surface area contributed by atoms with Crippen LogP contribution in [0.2, 0.25) is 0 Å². The highest BCUT2D eigenvalue weighted by Gasteiger charge is 2.10. The lowest BCUT2D eigenvalue weighted by Crippen LogP contribution is -1.98. The Morgan fingerprint density at radius 2 is 1.80 bits per heavy atom. The number of benzene rings is 2. The second-order valence-electron chi connectivity index (χ2n) is 3.97. The summed E-state index contributed by atoms with van der Waals surface area (Å²) < 4.78 is 40.0. The molecule has 2 aromatic carbocycles. The number of aromatic carboxylic acids is 1. The summed E-state index contributed by atoms with van der Waals surface area (Å²) in [6, 6.07) is 6.53. The number of rotatable bonds is 4.